The fraction of sp³-hybridized carbons (Fsp3) is 0.889. The van der Waals surface area contributed by atoms with Crippen molar-refractivity contribution in [3.05, 3.63) is 0 Å². The molecule has 0 aliphatic carbocycles. The van der Waals surface area contributed by atoms with Crippen molar-refractivity contribution in [3.8, 4) is 0 Å². The molecule has 0 aromatic heterocycles. The first-order chi connectivity index (χ1) is 6.09. The number of piperidine rings is 1. The Balaban J connectivity index is 2.26. The summed E-state index contributed by atoms with van der Waals surface area (Å²) >= 11 is 4.88. The third-order valence-corrected chi connectivity index (χ3v) is 2.80. The molecule has 0 saturated carbocycles. The molecule has 1 heterocycles. The van der Waals surface area contributed by atoms with Gasteiger partial charge in [-0.05, 0) is 26.9 Å². The Morgan fingerprint density at radius 2 is 2.00 bits per heavy atom. The van der Waals surface area contributed by atoms with Gasteiger partial charge in [-0.2, -0.15) is 0 Å². The monoisotopic (exact) mass is 201 g/mol. The van der Waals surface area contributed by atoms with E-state index in [4.69, 9.17) is 18.0 Å². The van der Waals surface area contributed by atoms with E-state index < -0.39 is 0 Å². The molecule has 0 radical (unpaired) electrons. The summed E-state index contributed by atoms with van der Waals surface area (Å²) in [4.78, 5) is 5.25. The van der Waals surface area contributed by atoms with E-state index in [2.05, 4.69) is 23.9 Å². The molecular formula is C9H19N3S. The highest BCUT2D eigenvalue weighted by Gasteiger charge is 2.20. The van der Waals surface area contributed by atoms with E-state index in [1.807, 2.05) is 0 Å². The summed E-state index contributed by atoms with van der Waals surface area (Å²) in [6, 6.07) is 0.739. The zero-order chi connectivity index (χ0) is 9.84. The molecule has 0 bridgehead atoms. The maximum atomic E-state index is 5.50. The summed E-state index contributed by atoms with van der Waals surface area (Å²) < 4.78 is 0. The maximum absolute atomic E-state index is 5.50. The lowest BCUT2D eigenvalue weighted by atomic mass is 10.0. The van der Waals surface area contributed by atoms with Crippen LogP contribution < -0.4 is 5.73 Å². The van der Waals surface area contributed by atoms with Crippen LogP contribution in [0.1, 0.15) is 12.8 Å². The fourth-order valence-electron chi connectivity index (χ4n) is 1.81. The van der Waals surface area contributed by atoms with Crippen molar-refractivity contribution in [2.24, 2.45) is 5.73 Å². The van der Waals surface area contributed by atoms with E-state index >= 15 is 0 Å². The molecule has 1 aliphatic rings. The first-order valence-electron chi connectivity index (χ1n) is 4.76. The minimum absolute atomic E-state index is 0.614. The van der Waals surface area contributed by atoms with Crippen LogP contribution in [-0.2, 0) is 0 Å². The summed E-state index contributed by atoms with van der Waals surface area (Å²) in [5, 5.41) is 0. The van der Waals surface area contributed by atoms with Crippen LogP contribution in [0, 0.1) is 0 Å². The number of likely N-dealkylation sites (tertiary alicyclic amines) is 1. The molecule has 0 atom stereocenters. The predicted molar refractivity (Wildman–Crippen MR) is 59.9 cm³/mol. The highest BCUT2D eigenvalue weighted by Crippen LogP contribution is 2.13. The van der Waals surface area contributed by atoms with Gasteiger partial charge in [-0.15, -0.1) is 0 Å². The second-order valence-corrected chi connectivity index (χ2v) is 4.46. The lowest BCUT2D eigenvalue weighted by Gasteiger charge is -2.34. The summed E-state index contributed by atoms with van der Waals surface area (Å²) in [5.74, 6) is 0. The Kier molecular flexibility index (Phi) is 4.09. The zero-order valence-electron chi connectivity index (χ0n) is 8.49. The van der Waals surface area contributed by atoms with Gasteiger partial charge in [-0.3, -0.25) is 4.90 Å². The van der Waals surface area contributed by atoms with Gasteiger partial charge < -0.3 is 10.6 Å². The van der Waals surface area contributed by atoms with Gasteiger partial charge in [-0.1, -0.05) is 12.2 Å². The number of rotatable bonds is 3. The van der Waals surface area contributed by atoms with Crippen LogP contribution in [0.25, 0.3) is 0 Å². The third kappa shape index (κ3) is 3.58. The quantitative estimate of drug-likeness (QED) is 0.666. The SMILES string of the molecule is CN(C)C1CCN(CC(N)=S)CC1. The molecule has 13 heavy (non-hydrogen) atoms. The van der Waals surface area contributed by atoms with Crippen LogP contribution >= 0.6 is 12.2 Å². The Hall–Kier alpha value is -0.190. The van der Waals surface area contributed by atoms with Crippen molar-refractivity contribution in [1.82, 2.24) is 9.80 Å². The second-order valence-electron chi connectivity index (χ2n) is 3.94. The van der Waals surface area contributed by atoms with E-state index in [1.54, 1.807) is 0 Å². The molecule has 0 aromatic rings. The number of nitrogens with two attached hydrogens (primary N) is 1. The first-order valence-corrected chi connectivity index (χ1v) is 5.17. The first kappa shape index (κ1) is 10.9. The smallest absolute Gasteiger partial charge is 0.0870 e. The molecule has 0 spiro atoms. The topological polar surface area (TPSA) is 32.5 Å². The number of nitrogens with zero attached hydrogens (tertiary/aromatic N) is 2. The summed E-state index contributed by atoms with van der Waals surface area (Å²) in [6.45, 7) is 3.04. The number of thiocarbonyl (C=S) groups is 1. The van der Waals surface area contributed by atoms with Gasteiger partial charge in [-0.25, -0.2) is 0 Å². The van der Waals surface area contributed by atoms with Crippen LogP contribution in [0.15, 0.2) is 0 Å². The predicted octanol–water partition coefficient (Wildman–Crippen LogP) is 0.298. The van der Waals surface area contributed by atoms with Crippen molar-refractivity contribution < 1.29 is 0 Å². The van der Waals surface area contributed by atoms with Gasteiger partial charge in [0, 0.05) is 25.7 Å². The Morgan fingerprint density at radius 3 is 2.38 bits per heavy atom. The van der Waals surface area contributed by atoms with Gasteiger partial charge in [0.25, 0.3) is 0 Å². The third-order valence-electron chi connectivity index (χ3n) is 2.67. The van der Waals surface area contributed by atoms with Crippen molar-refractivity contribution in [3.63, 3.8) is 0 Å². The minimum atomic E-state index is 0.614. The van der Waals surface area contributed by atoms with Gasteiger partial charge in [0.2, 0.25) is 0 Å². The molecule has 76 valence electrons. The molecule has 4 heteroatoms. The molecule has 0 aromatic carbocycles. The molecule has 1 aliphatic heterocycles. The zero-order valence-corrected chi connectivity index (χ0v) is 9.31. The number of hydrogen-bond acceptors (Lipinski definition) is 3. The molecule has 1 saturated heterocycles. The van der Waals surface area contributed by atoms with E-state index in [9.17, 15) is 0 Å². The highest BCUT2D eigenvalue weighted by molar-refractivity contribution is 7.80. The maximum Gasteiger partial charge on any atom is 0.0870 e. The fourth-order valence-corrected chi connectivity index (χ4v) is 2.00. The average molecular weight is 201 g/mol. The molecule has 3 nitrogen and oxygen atoms in total. The normalized spacial score (nSPS) is 20.8. The average Bonchev–Trinajstić information content (AvgIpc) is 2.04. The van der Waals surface area contributed by atoms with Crippen molar-refractivity contribution in [2.75, 3.05) is 33.7 Å². The second kappa shape index (κ2) is 4.88. The van der Waals surface area contributed by atoms with Gasteiger partial charge in [0.15, 0.2) is 0 Å². The Labute approximate surface area is 85.9 Å². The van der Waals surface area contributed by atoms with Crippen LogP contribution in [0.4, 0.5) is 0 Å². The van der Waals surface area contributed by atoms with Crippen molar-refractivity contribution >= 4 is 17.2 Å². The summed E-state index contributed by atoms with van der Waals surface area (Å²) in [5.41, 5.74) is 5.50. The lowest BCUT2D eigenvalue weighted by molar-refractivity contribution is 0.158. The highest BCUT2D eigenvalue weighted by atomic mass is 32.1. The van der Waals surface area contributed by atoms with Gasteiger partial charge >= 0.3 is 0 Å². The molecular weight excluding hydrogens is 182 g/mol. The van der Waals surface area contributed by atoms with E-state index in [-0.39, 0.29) is 0 Å². The minimum Gasteiger partial charge on any atom is -0.392 e. The van der Waals surface area contributed by atoms with E-state index in [0.717, 1.165) is 25.7 Å². The van der Waals surface area contributed by atoms with Crippen LogP contribution in [0.2, 0.25) is 0 Å². The molecule has 0 unspecified atom stereocenters. The van der Waals surface area contributed by atoms with Crippen LogP contribution in [0.5, 0.6) is 0 Å². The summed E-state index contributed by atoms with van der Waals surface area (Å²) in [7, 11) is 4.29. The molecule has 1 rings (SSSR count). The van der Waals surface area contributed by atoms with Crippen LogP contribution in [-0.4, -0.2) is 54.6 Å². The molecule has 2 N–H and O–H groups in total. The van der Waals surface area contributed by atoms with Crippen molar-refractivity contribution in [1.29, 1.82) is 0 Å². The Bertz CT molecular complexity index is 174. The van der Waals surface area contributed by atoms with E-state index in [1.165, 1.54) is 12.8 Å². The molecule has 1 fully saturated rings. The van der Waals surface area contributed by atoms with Gasteiger partial charge in [0.1, 0.15) is 0 Å². The standard InChI is InChI=1S/C9H19N3S/c1-11(2)8-3-5-12(6-4-8)7-9(10)13/h8H,3-7H2,1-2H3,(H2,10,13). The Morgan fingerprint density at radius 1 is 1.46 bits per heavy atom. The van der Waals surface area contributed by atoms with Crippen molar-refractivity contribution in [2.45, 2.75) is 18.9 Å². The van der Waals surface area contributed by atoms with E-state index in [0.29, 0.717) is 4.99 Å². The number of hydrogen-bond donors (Lipinski definition) is 1. The van der Waals surface area contributed by atoms with Crippen LogP contribution in [0.3, 0.4) is 0 Å². The summed E-state index contributed by atoms with van der Waals surface area (Å²) in [6.07, 6.45) is 2.46. The lowest BCUT2D eigenvalue weighted by Crippen LogP contribution is -2.44. The molecule has 0 amide bonds. The van der Waals surface area contributed by atoms with Gasteiger partial charge in [0.05, 0.1) is 4.99 Å². The largest absolute Gasteiger partial charge is 0.392 e.